The number of halogens is 1. The van der Waals surface area contributed by atoms with Gasteiger partial charge < -0.3 is 20.1 Å². The fraction of sp³-hybridized carbons (Fsp3) is 0.708. The molecule has 0 spiro atoms. The Morgan fingerprint density at radius 3 is 2.37 bits per heavy atom. The number of hydrogen-bond acceptors (Lipinski definition) is 3. The molecule has 1 saturated heterocycles. The third-order valence-electron chi connectivity index (χ3n) is 6.25. The first-order valence-electron chi connectivity index (χ1n) is 11.3. The molecule has 6 heteroatoms. The Hall–Kier alpha value is -0.860. The highest BCUT2D eigenvalue weighted by Gasteiger charge is 2.37. The molecule has 2 N–H and O–H groups in total. The second-order valence-electron chi connectivity index (χ2n) is 9.17. The number of ether oxygens (including phenoxy) is 2. The fourth-order valence-corrected chi connectivity index (χ4v) is 4.48. The molecule has 3 rings (SSSR count). The third kappa shape index (κ3) is 8.00. The maximum atomic E-state index is 6.01. The topological polar surface area (TPSA) is 54.9 Å². The number of rotatable bonds is 9. The summed E-state index contributed by atoms with van der Waals surface area (Å²) in [5, 5.41) is 7.02. The van der Waals surface area contributed by atoms with E-state index in [0.29, 0.717) is 18.1 Å². The zero-order chi connectivity index (χ0) is 20.5. The smallest absolute Gasteiger partial charge is 0.191 e. The lowest BCUT2D eigenvalue weighted by atomic mass is 9.64. The van der Waals surface area contributed by atoms with Crippen LogP contribution < -0.4 is 10.6 Å². The highest BCUT2D eigenvalue weighted by Crippen LogP contribution is 2.45. The van der Waals surface area contributed by atoms with Crippen molar-refractivity contribution in [3.8, 4) is 0 Å². The van der Waals surface area contributed by atoms with E-state index in [0.717, 1.165) is 51.0 Å². The van der Waals surface area contributed by atoms with Crippen LogP contribution in [0.15, 0.2) is 29.3 Å². The highest BCUT2D eigenvalue weighted by molar-refractivity contribution is 14.0. The molecule has 170 valence electrons. The van der Waals surface area contributed by atoms with Crippen molar-refractivity contribution in [2.24, 2.45) is 16.3 Å². The van der Waals surface area contributed by atoms with Crippen LogP contribution in [0.3, 0.4) is 0 Å². The van der Waals surface area contributed by atoms with Crippen molar-refractivity contribution >= 4 is 29.9 Å². The lowest BCUT2D eigenvalue weighted by molar-refractivity contribution is -0.0390. The molecule has 0 atom stereocenters. The van der Waals surface area contributed by atoms with E-state index in [2.05, 4.69) is 53.7 Å². The SMILES string of the molecule is CN=C(NCc1ccc(COC2CCOCC2)cc1)NCC1(CC(C)C)CCC1.I. The molecule has 0 amide bonds. The molecule has 1 aromatic rings. The van der Waals surface area contributed by atoms with Gasteiger partial charge in [-0.25, -0.2) is 0 Å². The average molecular weight is 530 g/mol. The summed E-state index contributed by atoms with van der Waals surface area (Å²) in [7, 11) is 1.85. The summed E-state index contributed by atoms with van der Waals surface area (Å²) < 4.78 is 11.4. The third-order valence-corrected chi connectivity index (χ3v) is 6.25. The van der Waals surface area contributed by atoms with Gasteiger partial charge in [0.1, 0.15) is 0 Å². The van der Waals surface area contributed by atoms with Crippen molar-refractivity contribution in [3.05, 3.63) is 35.4 Å². The predicted octanol–water partition coefficient (Wildman–Crippen LogP) is 4.88. The molecular formula is C24H40IN3O2. The fourth-order valence-electron chi connectivity index (χ4n) is 4.48. The standard InChI is InChI=1S/C24H39N3O2.HI/c1-19(2)15-24(11-4-12-24)18-27-23(25-3)26-16-20-5-7-21(8-6-20)17-29-22-9-13-28-14-10-22;/h5-8,19,22H,4,9-18H2,1-3H3,(H2,25,26,27);1H. The second kappa shape index (κ2) is 12.9. The Kier molecular flexibility index (Phi) is 10.9. The summed E-state index contributed by atoms with van der Waals surface area (Å²) in [5.41, 5.74) is 2.95. The average Bonchev–Trinajstić information content (AvgIpc) is 2.71. The number of nitrogens with one attached hydrogen (secondary N) is 2. The van der Waals surface area contributed by atoms with E-state index >= 15 is 0 Å². The van der Waals surface area contributed by atoms with E-state index in [1.807, 2.05) is 7.05 Å². The molecule has 1 aromatic carbocycles. The van der Waals surface area contributed by atoms with Gasteiger partial charge in [0.15, 0.2) is 5.96 Å². The van der Waals surface area contributed by atoms with E-state index in [1.54, 1.807) is 0 Å². The first kappa shape index (κ1) is 25.4. The number of guanidine groups is 1. The van der Waals surface area contributed by atoms with Crippen molar-refractivity contribution in [3.63, 3.8) is 0 Å². The number of hydrogen-bond donors (Lipinski definition) is 2. The van der Waals surface area contributed by atoms with Crippen LogP contribution in [-0.4, -0.2) is 38.9 Å². The van der Waals surface area contributed by atoms with Crippen LogP contribution in [0.5, 0.6) is 0 Å². The summed E-state index contributed by atoms with van der Waals surface area (Å²) >= 11 is 0. The molecule has 2 fully saturated rings. The van der Waals surface area contributed by atoms with E-state index in [4.69, 9.17) is 9.47 Å². The van der Waals surface area contributed by atoms with Crippen LogP contribution in [0.2, 0.25) is 0 Å². The van der Waals surface area contributed by atoms with Crippen LogP contribution in [0.4, 0.5) is 0 Å². The van der Waals surface area contributed by atoms with Gasteiger partial charge in [-0.3, -0.25) is 4.99 Å². The Bertz CT molecular complexity index is 638. The zero-order valence-corrected chi connectivity index (χ0v) is 21.2. The molecular weight excluding hydrogens is 489 g/mol. The van der Waals surface area contributed by atoms with Crippen molar-refractivity contribution in [2.45, 2.75) is 71.6 Å². The van der Waals surface area contributed by atoms with Crippen LogP contribution in [-0.2, 0) is 22.6 Å². The normalized spacial score (nSPS) is 19.1. The van der Waals surface area contributed by atoms with Gasteiger partial charge in [-0.1, -0.05) is 44.5 Å². The van der Waals surface area contributed by atoms with Gasteiger partial charge in [-0.05, 0) is 54.6 Å². The molecule has 0 aromatic heterocycles. The zero-order valence-electron chi connectivity index (χ0n) is 18.9. The maximum Gasteiger partial charge on any atom is 0.191 e. The number of aliphatic imine (C=N–C) groups is 1. The summed E-state index contributed by atoms with van der Waals surface area (Å²) in [6, 6.07) is 8.68. The van der Waals surface area contributed by atoms with Crippen molar-refractivity contribution in [1.82, 2.24) is 10.6 Å². The Morgan fingerprint density at radius 1 is 1.13 bits per heavy atom. The van der Waals surface area contributed by atoms with Gasteiger partial charge in [0.25, 0.3) is 0 Å². The van der Waals surface area contributed by atoms with E-state index in [1.165, 1.54) is 36.8 Å². The molecule has 0 bridgehead atoms. The van der Waals surface area contributed by atoms with Gasteiger partial charge in [-0.15, -0.1) is 24.0 Å². The molecule has 0 radical (unpaired) electrons. The van der Waals surface area contributed by atoms with E-state index in [9.17, 15) is 0 Å². The predicted molar refractivity (Wildman–Crippen MR) is 134 cm³/mol. The quantitative estimate of drug-likeness (QED) is 0.272. The monoisotopic (exact) mass is 529 g/mol. The summed E-state index contributed by atoms with van der Waals surface area (Å²) in [6.07, 6.45) is 7.70. The minimum Gasteiger partial charge on any atom is -0.381 e. The second-order valence-corrected chi connectivity index (χ2v) is 9.17. The van der Waals surface area contributed by atoms with Crippen molar-refractivity contribution < 1.29 is 9.47 Å². The lowest BCUT2D eigenvalue weighted by Crippen LogP contribution is -2.46. The lowest BCUT2D eigenvalue weighted by Gasteiger charge is -2.43. The Balaban J connectivity index is 0.00000320. The van der Waals surface area contributed by atoms with E-state index in [-0.39, 0.29) is 24.0 Å². The molecule has 30 heavy (non-hydrogen) atoms. The summed E-state index contributed by atoms with van der Waals surface area (Å²) in [5.74, 6) is 1.65. The van der Waals surface area contributed by atoms with Gasteiger partial charge in [0.2, 0.25) is 0 Å². The molecule has 0 unspecified atom stereocenters. The minimum absolute atomic E-state index is 0. The molecule has 2 aliphatic rings. The van der Waals surface area contributed by atoms with Crippen LogP contribution >= 0.6 is 24.0 Å². The summed E-state index contributed by atoms with van der Waals surface area (Å²) in [4.78, 5) is 4.41. The van der Waals surface area contributed by atoms with Crippen LogP contribution in [0, 0.1) is 11.3 Å². The number of nitrogens with zero attached hydrogens (tertiary/aromatic N) is 1. The van der Waals surface area contributed by atoms with Gasteiger partial charge in [-0.2, -0.15) is 0 Å². The van der Waals surface area contributed by atoms with E-state index < -0.39 is 0 Å². The Labute approximate surface area is 199 Å². The van der Waals surface area contributed by atoms with Gasteiger partial charge in [0, 0.05) is 33.4 Å². The molecule has 1 saturated carbocycles. The summed E-state index contributed by atoms with van der Waals surface area (Å²) in [6.45, 7) is 8.77. The van der Waals surface area contributed by atoms with Crippen LogP contribution in [0.25, 0.3) is 0 Å². The first-order valence-corrected chi connectivity index (χ1v) is 11.3. The van der Waals surface area contributed by atoms with Gasteiger partial charge >= 0.3 is 0 Å². The van der Waals surface area contributed by atoms with Crippen molar-refractivity contribution in [1.29, 1.82) is 0 Å². The molecule has 1 heterocycles. The molecule has 5 nitrogen and oxygen atoms in total. The Morgan fingerprint density at radius 2 is 1.80 bits per heavy atom. The minimum atomic E-state index is 0. The molecule has 1 aliphatic carbocycles. The van der Waals surface area contributed by atoms with Crippen LogP contribution in [0.1, 0.15) is 63.5 Å². The van der Waals surface area contributed by atoms with Crippen molar-refractivity contribution in [2.75, 3.05) is 26.8 Å². The first-order chi connectivity index (χ1) is 14.1. The number of benzene rings is 1. The maximum absolute atomic E-state index is 6.01. The van der Waals surface area contributed by atoms with Gasteiger partial charge in [0.05, 0.1) is 12.7 Å². The highest BCUT2D eigenvalue weighted by atomic mass is 127. The molecule has 1 aliphatic heterocycles. The largest absolute Gasteiger partial charge is 0.381 e.